The molecule has 8 atom stereocenters. The van der Waals surface area contributed by atoms with Crippen molar-refractivity contribution in [2.24, 2.45) is 40.4 Å². The standard InChI is InChI=1S/C57H99IN2O5S/c1-9-10-11-12-13-20-25-42-64-52(61)29-21-16-14-18-23-39-60(54(63)66-43-41-59(7)8)40-24-19-15-17-22-30-53(62)65-48-34-36-55(5)47(44-48)33-38-57(58)50-32-31-49(46(4)28-26-27-45(2)3)56(50,6)37-35-51(55)57/h20,25,33,45-46,48-51H,9-19,21-24,26-32,34-44H2,1-8H3/b25-20-/t46-,48+,49-,50-,51?,55+,56-,57-/m1/s1. The number of ether oxygens (including phenoxy) is 2. The maximum absolute atomic E-state index is 13.2. The van der Waals surface area contributed by atoms with Crippen molar-refractivity contribution in [1.29, 1.82) is 0 Å². The lowest BCUT2D eigenvalue weighted by Gasteiger charge is -2.62. The third-order valence-electron chi connectivity index (χ3n) is 16.9. The van der Waals surface area contributed by atoms with Gasteiger partial charge in [-0.25, -0.2) is 0 Å². The average Bonchev–Trinajstić information content (AvgIpc) is 3.64. The van der Waals surface area contributed by atoms with Crippen molar-refractivity contribution in [3.05, 3.63) is 23.8 Å². The molecule has 3 saturated carbocycles. The molecule has 7 nitrogen and oxygen atoms in total. The summed E-state index contributed by atoms with van der Waals surface area (Å²) < 4.78 is 11.9. The second-order valence-electron chi connectivity index (χ2n) is 22.7. The van der Waals surface area contributed by atoms with Gasteiger partial charge in [0.05, 0.1) is 0 Å². The zero-order valence-electron chi connectivity index (χ0n) is 43.8. The van der Waals surface area contributed by atoms with Crippen molar-refractivity contribution in [3.8, 4) is 0 Å². The molecule has 380 valence electrons. The quantitative estimate of drug-likeness (QED) is 0.0218. The van der Waals surface area contributed by atoms with Crippen molar-refractivity contribution in [2.45, 2.75) is 231 Å². The number of rotatable bonds is 32. The molecule has 0 bridgehead atoms. The number of hydrogen-bond acceptors (Lipinski definition) is 7. The molecule has 0 N–H and O–H groups in total. The number of halogens is 1. The summed E-state index contributed by atoms with van der Waals surface area (Å²) in [5.74, 6) is 4.74. The van der Waals surface area contributed by atoms with Gasteiger partial charge in [-0.2, -0.15) is 0 Å². The third kappa shape index (κ3) is 18.0. The van der Waals surface area contributed by atoms with Gasteiger partial charge in [-0.3, -0.25) is 14.4 Å². The van der Waals surface area contributed by atoms with Crippen LogP contribution >= 0.6 is 34.4 Å². The second-order valence-corrected chi connectivity index (χ2v) is 25.8. The monoisotopic (exact) mass is 1050 g/mol. The van der Waals surface area contributed by atoms with Gasteiger partial charge in [0.2, 0.25) is 0 Å². The molecule has 0 aromatic rings. The predicted molar refractivity (Wildman–Crippen MR) is 288 cm³/mol. The van der Waals surface area contributed by atoms with Gasteiger partial charge in [0.15, 0.2) is 0 Å². The highest BCUT2D eigenvalue weighted by Crippen LogP contribution is 2.71. The molecular formula is C57H99IN2O5S. The summed E-state index contributed by atoms with van der Waals surface area (Å²) in [5, 5.41) is 0.194. The zero-order valence-corrected chi connectivity index (χ0v) is 46.7. The van der Waals surface area contributed by atoms with Crippen molar-refractivity contribution >= 4 is 51.5 Å². The number of allylic oxidation sites excluding steroid dienone is 2. The molecule has 1 unspecified atom stereocenters. The molecule has 9 heteroatoms. The fourth-order valence-electron chi connectivity index (χ4n) is 13.0. The van der Waals surface area contributed by atoms with Crippen molar-refractivity contribution in [1.82, 2.24) is 9.80 Å². The lowest BCUT2D eigenvalue weighted by Crippen LogP contribution is -2.58. The van der Waals surface area contributed by atoms with Crippen LogP contribution in [0.2, 0.25) is 0 Å². The first-order chi connectivity index (χ1) is 31.6. The SMILES string of the molecule is CCCCCC/C=C\COC(=O)CCCCCCCN(CCCCCCCC(=O)O[C@H]1CC[C@@]2(C)C(=CC[C@]3(I)C2CC[C@]2(C)[C@@H]([C@H](C)CCCC(C)C)CC[C@H]23)C1)C(=O)SCCN(C)C. The van der Waals surface area contributed by atoms with E-state index in [1.165, 1.54) is 88.8 Å². The van der Waals surface area contributed by atoms with Crippen LogP contribution in [0.25, 0.3) is 0 Å². The number of thioether (sulfide) groups is 1. The molecule has 0 saturated heterocycles. The molecule has 0 aliphatic heterocycles. The largest absolute Gasteiger partial charge is 0.462 e. The number of fused-ring (bicyclic) bond motifs is 5. The normalized spacial score (nSPS) is 27.7. The van der Waals surface area contributed by atoms with E-state index in [1.54, 1.807) is 5.57 Å². The molecule has 0 spiro atoms. The van der Waals surface area contributed by atoms with Gasteiger partial charge >= 0.3 is 11.9 Å². The molecule has 1 amide bonds. The van der Waals surface area contributed by atoms with Crippen LogP contribution < -0.4 is 0 Å². The summed E-state index contributed by atoms with van der Waals surface area (Å²) in [4.78, 5) is 42.7. The summed E-state index contributed by atoms with van der Waals surface area (Å²) in [6, 6.07) is 0. The van der Waals surface area contributed by atoms with E-state index in [-0.39, 0.29) is 28.7 Å². The van der Waals surface area contributed by atoms with Gasteiger partial charge in [-0.15, -0.1) is 0 Å². The number of esters is 2. The minimum Gasteiger partial charge on any atom is -0.462 e. The summed E-state index contributed by atoms with van der Waals surface area (Å²) >= 11 is 4.43. The Hall–Kier alpha value is -1.07. The van der Waals surface area contributed by atoms with Gasteiger partial charge < -0.3 is 19.3 Å². The van der Waals surface area contributed by atoms with E-state index >= 15 is 0 Å². The summed E-state index contributed by atoms with van der Waals surface area (Å²) in [6.45, 7) is 17.7. The maximum atomic E-state index is 13.2. The molecule has 0 aromatic carbocycles. The highest BCUT2D eigenvalue weighted by atomic mass is 127. The molecule has 3 fully saturated rings. The highest BCUT2D eigenvalue weighted by Gasteiger charge is 2.65. The lowest BCUT2D eigenvalue weighted by atomic mass is 9.47. The van der Waals surface area contributed by atoms with Gasteiger partial charge in [0, 0.05) is 48.1 Å². The highest BCUT2D eigenvalue weighted by molar-refractivity contribution is 14.1. The minimum atomic E-state index is -0.103. The number of carbonyl (C=O) groups excluding carboxylic acids is 3. The number of unbranched alkanes of at least 4 members (excludes halogenated alkanes) is 12. The van der Waals surface area contributed by atoms with Crippen LogP contribution in [0.1, 0.15) is 221 Å². The second kappa shape index (κ2) is 30.0. The number of hydrogen-bond donors (Lipinski definition) is 0. The molecule has 4 aliphatic carbocycles. The van der Waals surface area contributed by atoms with E-state index < -0.39 is 0 Å². The Kier molecular flexibility index (Phi) is 26.1. The van der Waals surface area contributed by atoms with Crippen LogP contribution in [0.4, 0.5) is 4.79 Å². The fourth-order valence-corrected chi connectivity index (χ4v) is 16.2. The minimum absolute atomic E-state index is 0.0149. The number of nitrogens with zero attached hydrogens (tertiary/aromatic N) is 2. The first-order valence-electron chi connectivity index (χ1n) is 27.6. The third-order valence-corrected chi connectivity index (χ3v) is 19.8. The van der Waals surface area contributed by atoms with Crippen LogP contribution in [0.5, 0.6) is 0 Å². The average molecular weight is 1050 g/mol. The van der Waals surface area contributed by atoms with Crippen LogP contribution in [-0.2, 0) is 19.1 Å². The van der Waals surface area contributed by atoms with E-state index in [9.17, 15) is 14.4 Å². The first-order valence-corrected chi connectivity index (χ1v) is 29.6. The van der Waals surface area contributed by atoms with E-state index in [0.717, 1.165) is 145 Å². The molecule has 0 radical (unpaired) electrons. The smallest absolute Gasteiger partial charge is 0.306 e. The molecular weight excluding hydrogens is 952 g/mol. The van der Waals surface area contributed by atoms with Crippen LogP contribution in [0.3, 0.4) is 0 Å². The van der Waals surface area contributed by atoms with Crippen molar-refractivity contribution in [3.63, 3.8) is 0 Å². The van der Waals surface area contributed by atoms with Gasteiger partial charge in [-0.1, -0.05) is 177 Å². The Balaban J connectivity index is 1.10. The number of alkyl halides is 1. The summed E-state index contributed by atoms with van der Waals surface area (Å²) in [5.41, 5.74) is 2.30. The Labute approximate surface area is 423 Å². The number of amides is 1. The van der Waals surface area contributed by atoms with Gasteiger partial charge in [-0.05, 0) is 138 Å². The van der Waals surface area contributed by atoms with Crippen molar-refractivity contribution in [2.75, 3.05) is 46.1 Å². The summed E-state index contributed by atoms with van der Waals surface area (Å²) in [7, 11) is 4.10. The first kappa shape index (κ1) is 57.5. The summed E-state index contributed by atoms with van der Waals surface area (Å²) in [6.07, 6.45) is 37.8. The Bertz CT molecular complexity index is 1500. The van der Waals surface area contributed by atoms with Crippen LogP contribution in [0, 0.1) is 40.4 Å². The zero-order chi connectivity index (χ0) is 48.0. The molecule has 0 heterocycles. The van der Waals surface area contributed by atoms with E-state index in [2.05, 4.69) is 86.1 Å². The molecule has 4 rings (SSSR count). The Morgan fingerprint density at radius 1 is 0.773 bits per heavy atom. The topological polar surface area (TPSA) is 76.1 Å². The van der Waals surface area contributed by atoms with Crippen molar-refractivity contribution < 1.29 is 23.9 Å². The molecule has 66 heavy (non-hydrogen) atoms. The maximum Gasteiger partial charge on any atom is 0.306 e. The number of carbonyl (C=O) groups is 3. The Morgan fingerprint density at radius 3 is 2.12 bits per heavy atom. The van der Waals surface area contributed by atoms with Gasteiger partial charge in [0.1, 0.15) is 12.7 Å². The fraction of sp³-hybridized carbons (Fsp3) is 0.877. The van der Waals surface area contributed by atoms with Crippen LogP contribution in [-0.4, -0.2) is 82.6 Å². The van der Waals surface area contributed by atoms with E-state index in [4.69, 9.17) is 9.47 Å². The van der Waals surface area contributed by atoms with E-state index in [0.29, 0.717) is 28.3 Å². The van der Waals surface area contributed by atoms with Crippen LogP contribution in [0.15, 0.2) is 23.8 Å². The lowest BCUT2D eigenvalue weighted by molar-refractivity contribution is -0.151. The predicted octanol–water partition coefficient (Wildman–Crippen LogP) is 16.0. The Morgan fingerprint density at radius 2 is 1.44 bits per heavy atom. The van der Waals surface area contributed by atoms with E-state index in [1.807, 2.05) is 20.2 Å². The van der Waals surface area contributed by atoms with Gasteiger partial charge in [0.25, 0.3) is 5.24 Å². The molecule has 0 aromatic heterocycles. The molecule has 4 aliphatic rings.